The van der Waals surface area contributed by atoms with Crippen molar-refractivity contribution in [2.45, 2.75) is 110 Å². The number of aryl methyl sites for hydroxylation is 2. The molecule has 756 valence electrons. The van der Waals surface area contributed by atoms with Crippen molar-refractivity contribution >= 4 is 102 Å². The van der Waals surface area contributed by atoms with Crippen LogP contribution >= 0.6 is 0 Å². The number of ketones is 3. The minimum atomic E-state index is -0.359. The second-order valence-electron chi connectivity index (χ2n) is 29.2. The standard InChI is InChI=1S/C16H14O2.2C16H14O.C14H16O2.C13H14O2.C11H12O2.C10H12.C8H12O2.C7H10O2.C6H10O2.C5H8O2.C4H8/c1-18-15-10-7-13(8-11-15)9-12-16(17)14-5-3-2-4-6-14;1-13-7-10-15(11-8-13)16(17)12-9-14-5-3-2-4-6-14;1-13-7-9-14(10-8-13)11-12-16(17)15-5-3-2-4-6-15;1-3-16-14(15)10-9-12(2)11-13-7-5-4-6-8-13;1-2-15-13(14)11-7-6-10-12-8-4-3-5-9-12;1-2-13-11(12)9-8-10-6-4-3-5-7-10;1-2-3-7-10-8-5-4-6-9-10;1-4-10-8(9)6-5-7(2)3;1-3-5-6-7(8)9-4-2;1-4-8-6(7)5(2)3;1-3-5(6)7-4-2;1-3-4-2/h2-12H,1H3;2*2-12H,1H3;4-11H,3H2,1-2H3;3-11H,2H2,1H3;3-9H,2H2,1H3;3-9H,2H2,1H3;5-6H,2,4H2,1,3H3;3,5-6H,1,4H2,2H3;2,4H2,1,3H3;3H,1,4H2,2H3;3H,1,4H2,2H3/b;;;10-9?,12-11-;;;;;;;;. The lowest BCUT2D eigenvalue weighted by molar-refractivity contribution is -0.139. The predicted octanol–water partition coefficient (Wildman–Crippen LogP) is 29.2. The van der Waals surface area contributed by atoms with Gasteiger partial charge in [0.1, 0.15) is 5.75 Å². The first kappa shape index (κ1) is 129. The average Bonchev–Trinajstić information content (AvgIpc) is 0.889. The minimum Gasteiger partial charge on any atom is -0.497 e. The third-order valence-corrected chi connectivity index (χ3v) is 17.1. The second-order valence-corrected chi connectivity index (χ2v) is 29.2. The van der Waals surface area contributed by atoms with Gasteiger partial charge in [-0.3, -0.25) is 14.4 Å². The number of carbonyl (C=O) groups excluding carboxylic acids is 10. The molecule has 0 atom stereocenters. The predicted molar refractivity (Wildman–Crippen MR) is 595 cm³/mol. The molecule has 0 spiro atoms. The topological polar surface area (TPSA) is 245 Å². The highest BCUT2D eigenvalue weighted by molar-refractivity contribution is 6.08. The Morgan fingerprint density at radius 1 is 0.278 bits per heavy atom. The largest absolute Gasteiger partial charge is 0.497 e. The molecule has 0 aliphatic rings. The number of ether oxygens (including phenoxy) is 8. The molecule has 0 aliphatic heterocycles. The quantitative estimate of drug-likeness (QED) is 0.00908. The van der Waals surface area contributed by atoms with Crippen LogP contribution in [-0.2, 0) is 66.7 Å². The van der Waals surface area contributed by atoms with Gasteiger partial charge < -0.3 is 37.9 Å². The normalized spacial score (nSPS) is 10.2. The molecule has 18 nitrogen and oxygen atoms in total. The maximum absolute atomic E-state index is 11.8. The van der Waals surface area contributed by atoms with Crippen molar-refractivity contribution in [3.63, 3.8) is 0 Å². The van der Waals surface area contributed by atoms with Gasteiger partial charge in [0.05, 0.1) is 53.4 Å². The van der Waals surface area contributed by atoms with E-state index in [1.807, 2.05) is 313 Å². The van der Waals surface area contributed by atoms with E-state index in [0.717, 1.165) is 85.9 Å². The first-order valence-corrected chi connectivity index (χ1v) is 47.0. The molecule has 0 aromatic heterocycles. The third-order valence-electron chi connectivity index (χ3n) is 17.1. The van der Waals surface area contributed by atoms with Crippen LogP contribution in [0.5, 0.6) is 5.75 Å². The Hall–Kier alpha value is -16.9. The molecular formula is C126H144O18. The fourth-order valence-electron chi connectivity index (χ4n) is 9.92. The van der Waals surface area contributed by atoms with Crippen molar-refractivity contribution in [3.05, 3.63) is 505 Å². The summed E-state index contributed by atoms with van der Waals surface area (Å²) in [4.78, 5) is 110. The van der Waals surface area contributed by atoms with E-state index in [1.54, 1.807) is 123 Å². The van der Waals surface area contributed by atoms with Crippen molar-refractivity contribution in [1.82, 2.24) is 0 Å². The molecule has 144 heavy (non-hydrogen) atoms. The lowest BCUT2D eigenvalue weighted by Crippen LogP contribution is -2.03. The maximum Gasteiger partial charge on any atom is 0.333 e. The van der Waals surface area contributed by atoms with E-state index >= 15 is 0 Å². The van der Waals surface area contributed by atoms with Crippen LogP contribution in [0.15, 0.2) is 438 Å². The average molecular weight is 1950 g/mol. The first-order valence-electron chi connectivity index (χ1n) is 47.0. The summed E-state index contributed by atoms with van der Waals surface area (Å²) in [5.41, 5.74) is 14.4. The van der Waals surface area contributed by atoms with Gasteiger partial charge in [0.15, 0.2) is 17.3 Å². The maximum atomic E-state index is 11.8. The zero-order chi connectivity index (χ0) is 107. The Labute approximate surface area is 856 Å². The Kier molecular flexibility index (Phi) is 79.7. The summed E-state index contributed by atoms with van der Waals surface area (Å²) in [6.45, 7) is 46.0. The van der Waals surface area contributed by atoms with Gasteiger partial charge in [-0.2, -0.15) is 0 Å². The van der Waals surface area contributed by atoms with Crippen molar-refractivity contribution in [1.29, 1.82) is 0 Å². The number of hydrogen-bond donors (Lipinski definition) is 0. The van der Waals surface area contributed by atoms with Gasteiger partial charge in [-0.05, 0) is 171 Å². The van der Waals surface area contributed by atoms with Gasteiger partial charge in [0, 0.05) is 58.7 Å². The molecule has 0 unspecified atom stereocenters. The summed E-state index contributed by atoms with van der Waals surface area (Å²) in [6.07, 6.45) is 42.4. The number of benzene rings is 10. The summed E-state index contributed by atoms with van der Waals surface area (Å²) < 4.78 is 37.5. The molecule has 18 heteroatoms. The highest BCUT2D eigenvalue weighted by Crippen LogP contribution is 2.16. The smallest absolute Gasteiger partial charge is 0.333 e. The lowest BCUT2D eigenvalue weighted by Gasteiger charge is -1.99. The van der Waals surface area contributed by atoms with E-state index in [0.29, 0.717) is 57.4 Å². The molecule has 0 bridgehead atoms. The number of methoxy groups -OCH3 is 1. The molecule has 10 aromatic rings. The molecule has 0 saturated carbocycles. The second kappa shape index (κ2) is 88.8. The monoisotopic (exact) mass is 1950 g/mol. The Bertz CT molecular complexity index is 5640. The highest BCUT2D eigenvalue weighted by Gasteiger charge is 2.05. The molecule has 0 heterocycles. The molecule has 0 N–H and O–H groups in total. The number of esters is 7. The number of carbonyl (C=O) groups is 10. The highest BCUT2D eigenvalue weighted by atomic mass is 16.6. The van der Waals surface area contributed by atoms with E-state index in [9.17, 15) is 47.9 Å². The van der Waals surface area contributed by atoms with Crippen LogP contribution in [0.3, 0.4) is 0 Å². The molecular weight excluding hydrogens is 1800 g/mol. The summed E-state index contributed by atoms with van der Waals surface area (Å²) in [7, 11) is 1.63. The van der Waals surface area contributed by atoms with E-state index in [2.05, 4.69) is 102 Å². The summed E-state index contributed by atoms with van der Waals surface area (Å²) in [5.74, 6) is -1.34. The van der Waals surface area contributed by atoms with Crippen LogP contribution in [0.4, 0.5) is 0 Å². The number of rotatable bonds is 34. The van der Waals surface area contributed by atoms with Crippen LogP contribution in [0, 0.1) is 13.8 Å². The van der Waals surface area contributed by atoms with E-state index in [-0.39, 0.29) is 59.1 Å². The van der Waals surface area contributed by atoms with Gasteiger partial charge in [-0.15, -0.1) is 6.58 Å². The number of hydrogen-bond acceptors (Lipinski definition) is 18. The van der Waals surface area contributed by atoms with Crippen LogP contribution in [0.25, 0.3) is 42.5 Å². The summed E-state index contributed by atoms with van der Waals surface area (Å²) in [6, 6.07) is 91.4. The van der Waals surface area contributed by atoms with Crippen LogP contribution < -0.4 is 4.74 Å². The molecule has 10 rings (SSSR count). The molecule has 10 aromatic carbocycles. The summed E-state index contributed by atoms with van der Waals surface area (Å²) >= 11 is 0. The Morgan fingerprint density at radius 3 is 0.889 bits per heavy atom. The molecule has 0 fully saturated rings. The zero-order valence-corrected chi connectivity index (χ0v) is 86.2. The first-order chi connectivity index (χ1) is 69.5. The van der Waals surface area contributed by atoms with Crippen molar-refractivity contribution in [2.24, 2.45) is 0 Å². The van der Waals surface area contributed by atoms with Crippen molar-refractivity contribution in [2.75, 3.05) is 53.4 Å². The van der Waals surface area contributed by atoms with Gasteiger partial charge in [0.25, 0.3) is 0 Å². The van der Waals surface area contributed by atoms with Gasteiger partial charge in [0.2, 0.25) is 0 Å². The van der Waals surface area contributed by atoms with Crippen molar-refractivity contribution in [3.8, 4) is 5.75 Å². The van der Waals surface area contributed by atoms with E-state index in [4.69, 9.17) is 18.9 Å². The van der Waals surface area contributed by atoms with Gasteiger partial charge in [-0.1, -0.05) is 420 Å². The molecule has 0 radical (unpaired) electrons. The Morgan fingerprint density at radius 2 is 0.569 bits per heavy atom. The zero-order valence-electron chi connectivity index (χ0n) is 86.2. The van der Waals surface area contributed by atoms with Gasteiger partial charge in [-0.25, -0.2) is 33.6 Å². The van der Waals surface area contributed by atoms with Crippen molar-refractivity contribution < 1.29 is 85.8 Å². The van der Waals surface area contributed by atoms with Crippen LogP contribution in [0.1, 0.15) is 177 Å². The molecule has 0 amide bonds. The third kappa shape index (κ3) is 75.2. The fraction of sp³-hybridized carbons (Fsp3) is 0.190. The van der Waals surface area contributed by atoms with E-state index in [1.165, 1.54) is 53.7 Å². The molecule has 0 saturated heterocycles. The fourth-order valence-corrected chi connectivity index (χ4v) is 9.92. The minimum absolute atomic E-state index is 0.00594. The summed E-state index contributed by atoms with van der Waals surface area (Å²) in [5, 5.41) is 0. The Balaban J connectivity index is 0. The number of allylic oxidation sites excluding steroid dienone is 13. The van der Waals surface area contributed by atoms with Crippen LogP contribution in [-0.4, -0.2) is 112 Å². The van der Waals surface area contributed by atoms with Crippen LogP contribution in [0.2, 0.25) is 0 Å². The molecule has 0 aliphatic carbocycles. The van der Waals surface area contributed by atoms with Gasteiger partial charge >= 0.3 is 41.8 Å². The van der Waals surface area contributed by atoms with E-state index < -0.39 is 0 Å². The SMILES string of the molecule is C=C(C)C(=O)OCC.C=C(C)C=CC(=O)OCC.C=CC(=O)OCC.C=CC=CC(=O)OCC.C=CCC.CCC=Cc1ccccc1.CCOC(=O)C=C/C(C)=C\c1ccccc1.CCOC(=O)C=CC=Cc1ccccc1.CCOC(=O)C=Cc1ccccc1.COc1ccc(C=CC(=O)c2ccccc2)cc1.Cc1ccc(C(=O)C=Cc2ccccc2)cc1.Cc1ccc(C=CC(=O)c2ccccc2)cc1. The lowest BCUT2D eigenvalue weighted by atomic mass is 10.1.